The van der Waals surface area contributed by atoms with Gasteiger partial charge in [-0.3, -0.25) is 0 Å². The van der Waals surface area contributed by atoms with Crippen molar-refractivity contribution < 1.29 is 4.74 Å². The number of nitrogens with one attached hydrogen (secondary N) is 1. The molecule has 29 heavy (non-hydrogen) atoms. The maximum Gasteiger partial charge on any atom is 0.135 e. The van der Waals surface area contributed by atoms with Gasteiger partial charge in [0.05, 0.1) is 7.11 Å². The first-order valence-corrected chi connectivity index (χ1v) is 9.93. The highest BCUT2D eigenvalue weighted by molar-refractivity contribution is 5.66. The van der Waals surface area contributed by atoms with Crippen LogP contribution in [-0.2, 0) is 0 Å². The van der Waals surface area contributed by atoms with Crippen LogP contribution in [-0.4, -0.2) is 43.3 Å². The van der Waals surface area contributed by atoms with E-state index < -0.39 is 0 Å². The molecule has 0 unspecified atom stereocenters. The molecular formula is C23H27N5O. The smallest absolute Gasteiger partial charge is 0.135 e. The highest BCUT2D eigenvalue weighted by Crippen LogP contribution is 2.26. The van der Waals surface area contributed by atoms with Crippen molar-refractivity contribution in [1.29, 1.82) is 0 Å². The molecule has 1 aromatic heterocycles. The number of hydrogen-bond donors (Lipinski definition) is 1. The Kier molecular flexibility index (Phi) is 5.51. The van der Waals surface area contributed by atoms with Crippen LogP contribution in [0.3, 0.4) is 0 Å². The van der Waals surface area contributed by atoms with Crippen molar-refractivity contribution in [2.75, 3.05) is 48.4 Å². The van der Waals surface area contributed by atoms with Crippen molar-refractivity contribution in [3.8, 4) is 5.75 Å². The molecule has 1 aliphatic heterocycles. The summed E-state index contributed by atoms with van der Waals surface area (Å²) in [5, 5.41) is 3.47. The molecule has 1 aliphatic rings. The van der Waals surface area contributed by atoms with E-state index in [0.717, 1.165) is 49.3 Å². The third-order valence-electron chi connectivity index (χ3n) is 5.43. The summed E-state index contributed by atoms with van der Waals surface area (Å²) in [6, 6.07) is 16.6. The third kappa shape index (κ3) is 4.26. The Bertz CT molecular complexity index is 945. The van der Waals surface area contributed by atoms with Crippen molar-refractivity contribution in [3.63, 3.8) is 0 Å². The van der Waals surface area contributed by atoms with Crippen LogP contribution < -0.4 is 19.9 Å². The van der Waals surface area contributed by atoms with E-state index in [2.05, 4.69) is 69.3 Å². The van der Waals surface area contributed by atoms with Gasteiger partial charge in [-0.1, -0.05) is 18.2 Å². The van der Waals surface area contributed by atoms with Gasteiger partial charge in [0.15, 0.2) is 0 Å². The predicted octanol–water partition coefficient (Wildman–Crippen LogP) is 4.17. The van der Waals surface area contributed by atoms with E-state index in [4.69, 9.17) is 4.74 Å². The molecule has 1 N–H and O–H groups in total. The van der Waals surface area contributed by atoms with Gasteiger partial charge in [-0.25, -0.2) is 9.97 Å². The van der Waals surface area contributed by atoms with Crippen LogP contribution >= 0.6 is 0 Å². The molecule has 0 aliphatic carbocycles. The average molecular weight is 390 g/mol. The molecule has 6 nitrogen and oxygen atoms in total. The van der Waals surface area contributed by atoms with E-state index >= 15 is 0 Å². The maximum absolute atomic E-state index is 5.25. The van der Waals surface area contributed by atoms with Gasteiger partial charge < -0.3 is 19.9 Å². The van der Waals surface area contributed by atoms with Gasteiger partial charge in [0.25, 0.3) is 0 Å². The summed E-state index contributed by atoms with van der Waals surface area (Å²) in [7, 11) is 1.69. The lowest BCUT2D eigenvalue weighted by atomic mass is 10.1. The Balaban J connectivity index is 1.43. The summed E-state index contributed by atoms with van der Waals surface area (Å²) >= 11 is 0. The van der Waals surface area contributed by atoms with E-state index in [9.17, 15) is 0 Å². The summed E-state index contributed by atoms with van der Waals surface area (Å²) in [5.41, 5.74) is 4.75. The molecule has 0 radical (unpaired) electrons. The van der Waals surface area contributed by atoms with Gasteiger partial charge in [0.2, 0.25) is 0 Å². The van der Waals surface area contributed by atoms with Crippen LogP contribution in [0.2, 0.25) is 0 Å². The molecule has 150 valence electrons. The minimum atomic E-state index is 0.824. The van der Waals surface area contributed by atoms with Gasteiger partial charge in [-0.2, -0.15) is 0 Å². The van der Waals surface area contributed by atoms with Crippen molar-refractivity contribution in [1.82, 2.24) is 9.97 Å². The minimum absolute atomic E-state index is 0.824. The van der Waals surface area contributed by atoms with Crippen molar-refractivity contribution in [3.05, 3.63) is 66.0 Å². The number of aryl methyl sites for hydroxylation is 2. The van der Waals surface area contributed by atoms with Crippen molar-refractivity contribution in [2.24, 2.45) is 0 Å². The van der Waals surface area contributed by atoms with Crippen LogP contribution in [0.25, 0.3) is 0 Å². The Morgan fingerprint density at radius 3 is 2.17 bits per heavy atom. The highest BCUT2D eigenvalue weighted by Gasteiger charge is 2.19. The molecule has 0 bridgehead atoms. The first-order chi connectivity index (χ1) is 14.1. The number of nitrogens with zero attached hydrogens (tertiary/aromatic N) is 4. The van der Waals surface area contributed by atoms with Gasteiger partial charge in [0, 0.05) is 43.6 Å². The van der Waals surface area contributed by atoms with Crippen LogP contribution in [0.15, 0.2) is 54.9 Å². The second-order valence-electron chi connectivity index (χ2n) is 7.33. The Hall–Kier alpha value is -3.28. The topological polar surface area (TPSA) is 53.5 Å². The molecular weight excluding hydrogens is 362 g/mol. The Morgan fingerprint density at radius 1 is 0.862 bits per heavy atom. The second kappa shape index (κ2) is 8.39. The van der Waals surface area contributed by atoms with E-state index in [1.165, 1.54) is 16.8 Å². The molecule has 1 saturated heterocycles. The zero-order valence-corrected chi connectivity index (χ0v) is 17.2. The van der Waals surface area contributed by atoms with Crippen molar-refractivity contribution in [2.45, 2.75) is 13.8 Å². The number of rotatable bonds is 5. The monoisotopic (exact) mass is 389 g/mol. The fourth-order valence-corrected chi connectivity index (χ4v) is 3.71. The lowest BCUT2D eigenvalue weighted by Gasteiger charge is -2.36. The molecule has 2 heterocycles. The number of aromatic nitrogens is 2. The van der Waals surface area contributed by atoms with Crippen LogP contribution in [0.4, 0.5) is 23.0 Å². The predicted molar refractivity (Wildman–Crippen MR) is 119 cm³/mol. The van der Waals surface area contributed by atoms with E-state index in [1.54, 1.807) is 13.4 Å². The largest absolute Gasteiger partial charge is 0.497 e. The average Bonchev–Trinajstić information content (AvgIpc) is 2.77. The number of benzene rings is 2. The van der Waals surface area contributed by atoms with E-state index in [-0.39, 0.29) is 0 Å². The highest BCUT2D eigenvalue weighted by atomic mass is 16.5. The Labute approximate surface area is 172 Å². The molecule has 0 spiro atoms. The van der Waals surface area contributed by atoms with Crippen LogP contribution in [0.5, 0.6) is 5.75 Å². The fraction of sp³-hybridized carbons (Fsp3) is 0.304. The summed E-state index contributed by atoms with van der Waals surface area (Å²) in [4.78, 5) is 13.6. The van der Waals surface area contributed by atoms with E-state index in [1.807, 2.05) is 18.2 Å². The SMILES string of the molecule is COc1ccc(N2CCN(c3cc(Nc4c(C)cccc4C)ncn3)CC2)cc1. The quantitative estimate of drug-likeness (QED) is 0.707. The standard InChI is InChI=1S/C23H27N5O/c1-17-5-4-6-18(2)23(17)26-21-15-22(25-16-24-21)28-13-11-27(12-14-28)19-7-9-20(29-3)10-8-19/h4-10,15-16H,11-14H2,1-3H3,(H,24,25,26). The van der Waals surface area contributed by atoms with Crippen LogP contribution in [0.1, 0.15) is 11.1 Å². The van der Waals surface area contributed by atoms with Gasteiger partial charge in [-0.15, -0.1) is 0 Å². The van der Waals surface area contributed by atoms with Gasteiger partial charge in [-0.05, 0) is 49.2 Å². The van der Waals surface area contributed by atoms with Crippen molar-refractivity contribution >= 4 is 23.0 Å². The van der Waals surface area contributed by atoms with Gasteiger partial charge in [0.1, 0.15) is 23.7 Å². The maximum atomic E-state index is 5.25. The number of anilines is 4. The van der Waals surface area contributed by atoms with Crippen LogP contribution in [0, 0.1) is 13.8 Å². The molecule has 2 aromatic carbocycles. The molecule has 0 amide bonds. The third-order valence-corrected chi connectivity index (χ3v) is 5.43. The number of hydrogen-bond acceptors (Lipinski definition) is 6. The number of piperazine rings is 1. The normalized spacial score (nSPS) is 14.0. The van der Waals surface area contributed by atoms with Gasteiger partial charge >= 0.3 is 0 Å². The number of methoxy groups -OCH3 is 1. The first kappa shape index (κ1) is 19.1. The lowest BCUT2D eigenvalue weighted by Crippen LogP contribution is -2.46. The molecule has 0 saturated carbocycles. The summed E-state index contributed by atoms with van der Waals surface area (Å²) < 4.78 is 5.25. The summed E-state index contributed by atoms with van der Waals surface area (Å²) in [6.45, 7) is 7.97. The molecule has 1 fully saturated rings. The summed E-state index contributed by atoms with van der Waals surface area (Å²) in [5.74, 6) is 2.67. The molecule has 0 atom stereocenters. The molecule has 4 rings (SSSR count). The lowest BCUT2D eigenvalue weighted by molar-refractivity contribution is 0.415. The number of para-hydroxylation sites is 1. The number of ether oxygens (including phenoxy) is 1. The first-order valence-electron chi connectivity index (χ1n) is 9.93. The molecule has 3 aromatic rings. The zero-order chi connectivity index (χ0) is 20.2. The second-order valence-corrected chi connectivity index (χ2v) is 7.33. The fourth-order valence-electron chi connectivity index (χ4n) is 3.71. The summed E-state index contributed by atoms with van der Waals surface area (Å²) in [6.07, 6.45) is 1.64. The van der Waals surface area contributed by atoms with E-state index in [0.29, 0.717) is 0 Å². The minimum Gasteiger partial charge on any atom is -0.497 e. The zero-order valence-electron chi connectivity index (χ0n) is 17.2. The Morgan fingerprint density at radius 2 is 1.52 bits per heavy atom. The molecule has 6 heteroatoms.